The molecule has 0 fully saturated rings. The fraction of sp³-hybridized carbons (Fsp3) is 0.250. The van der Waals surface area contributed by atoms with Crippen LogP contribution >= 0.6 is 11.3 Å². The zero-order valence-corrected chi connectivity index (χ0v) is 10.7. The molecule has 0 aliphatic heterocycles. The number of carboxylic acid groups (broad SMARTS) is 1. The Hall–Kier alpha value is -1.95. The number of aromatic nitrogens is 2. The van der Waals surface area contributed by atoms with Gasteiger partial charge in [-0.3, -0.25) is 9.78 Å². The van der Waals surface area contributed by atoms with Crippen molar-refractivity contribution in [3.05, 3.63) is 41.2 Å². The third-order valence-electron chi connectivity index (χ3n) is 2.32. The second kappa shape index (κ2) is 5.59. The lowest BCUT2D eigenvalue weighted by Gasteiger charge is -2.14. The van der Waals surface area contributed by atoms with E-state index in [2.05, 4.69) is 9.97 Å². The smallest absolute Gasteiger partial charge is 0.309 e. The van der Waals surface area contributed by atoms with E-state index in [4.69, 9.17) is 5.11 Å². The first-order valence-electron chi connectivity index (χ1n) is 5.42. The molecule has 2 rings (SSSR count). The lowest BCUT2D eigenvalue weighted by molar-refractivity contribution is -0.136. The standard InChI is InChI=1S/C12H13N3O2S/c1-15(7-9-4-2-3-5-13-9)12-14-10(8-18-12)6-11(16)17/h2-5,8H,6-7H2,1H3,(H,16,17). The van der Waals surface area contributed by atoms with Crippen molar-refractivity contribution in [2.24, 2.45) is 0 Å². The number of nitrogens with zero attached hydrogens (tertiary/aromatic N) is 3. The van der Waals surface area contributed by atoms with E-state index < -0.39 is 5.97 Å². The molecule has 0 saturated carbocycles. The Morgan fingerprint density at radius 2 is 2.28 bits per heavy atom. The summed E-state index contributed by atoms with van der Waals surface area (Å²) in [7, 11) is 1.91. The maximum absolute atomic E-state index is 10.6. The highest BCUT2D eigenvalue weighted by molar-refractivity contribution is 7.13. The molecule has 18 heavy (non-hydrogen) atoms. The van der Waals surface area contributed by atoms with Crippen LogP contribution in [0.25, 0.3) is 0 Å². The average Bonchev–Trinajstić information content (AvgIpc) is 2.78. The fourth-order valence-electron chi connectivity index (χ4n) is 1.51. The van der Waals surface area contributed by atoms with Gasteiger partial charge in [0.05, 0.1) is 24.4 Å². The molecule has 2 heterocycles. The van der Waals surface area contributed by atoms with Crippen LogP contribution in [0.15, 0.2) is 29.8 Å². The van der Waals surface area contributed by atoms with Gasteiger partial charge in [-0.15, -0.1) is 11.3 Å². The van der Waals surface area contributed by atoms with Gasteiger partial charge in [0.2, 0.25) is 0 Å². The van der Waals surface area contributed by atoms with Crippen LogP contribution in [-0.4, -0.2) is 28.1 Å². The van der Waals surface area contributed by atoms with Gasteiger partial charge >= 0.3 is 5.97 Å². The Labute approximate surface area is 109 Å². The van der Waals surface area contributed by atoms with E-state index in [1.807, 2.05) is 30.1 Å². The summed E-state index contributed by atoms with van der Waals surface area (Å²) in [6.45, 7) is 0.654. The van der Waals surface area contributed by atoms with Crippen LogP contribution in [0.1, 0.15) is 11.4 Å². The van der Waals surface area contributed by atoms with E-state index in [0.717, 1.165) is 10.8 Å². The quantitative estimate of drug-likeness (QED) is 0.891. The molecule has 0 aliphatic carbocycles. The van der Waals surface area contributed by atoms with Crippen molar-refractivity contribution in [3.63, 3.8) is 0 Å². The third kappa shape index (κ3) is 3.27. The van der Waals surface area contributed by atoms with Crippen LogP contribution in [0.3, 0.4) is 0 Å². The number of pyridine rings is 1. The molecular formula is C12H13N3O2S. The molecule has 0 spiro atoms. The number of anilines is 1. The van der Waals surface area contributed by atoms with Gasteiger partial charge in [-0.2, -0.15) is 0 Å². The molecule has 94 valence electrons. The highest BCUT2D eigenvalue weighted by Gasteiger charge is 2.10. The van der Waals surface area contributed by atoms with E-state index in [1.54, 1.807) is 11.6 Å². The molecular weight excluding hydrogens is 250 g/mol. The zero-order valence-electron chi connectivity index (χ0n) is 9.91. The van der Waals surface area contributed by atoms with Gasteiger partial charge in [0.1, 0.15) is 0 Å². The van der Waals surface area contributed by atoms with Crippen molar-refractivity contribution in [1.29, 1.82) is 0 Å². The molecule has 0 radical (unpaired) electrons. The van der Waals surface area contributed by atoms with Crippen LogP contribution in [0.5, 0.6) is 0 Å². The first-order valence-corrected chi connectivity index (χ1v) is 6.30. The number of hydrogen-bond donors (Lipinski definition) is 1. The summed E-state index contributed by atoms with van der Waals surface area (Å²) < 4.78 is 0. The second-order valence-corrected chi connectivity index (χ2v) is 4.71. The lowest BCUT2D eigenvalue weighted by atomic mass is 10.3. The van der Waals surface area contributed by atoms with Crippen molar-refractivity contribution in [3.8, 4) is 0 Å². The van der Waals surface area contributed by atoms with Crippen LogP contribution in [0, 0.1) is 0 Å². The van der Waals surface area contributed by atoms with E-state index in [1.165, 1.54) is 11.3 Å². The summed E-state index contributed by atoms with van der Waals surface area (Å²) in [5.41, 5.74) is 1.55. The lowest BCUT2D eigenvalue weighted by Crippen LogP contribution is -2.17. The van der Waals surface area contributed by atoms with Gasteiger partial charge in [-0.05, 0) is 12.1 Å². The highest BCUT2D eigenvalue weighted by Crippen LogP contribution is 2.20. The fourth-order valence-corrected chi connectivity index (χ4v) is 2.30. The molecule has 6 heteroatoms. The average molecular weight is 263 g/mol. The molecule has 0 unspecified atom stereocenters. The van der Waals surface area contributed by atoms with E-state index >= 15 is 0 Å². The number of carbonyl (C=O) groups is 1. The first-order chi connectivity index (χ1) is 8.65. The maximum atomic E-state index is 10.6. The van der Waals surface area contributed by atoms with Gasteiger partial charge in [0.15, 0.2) is 5.13 Å². The predicted molar refractivity (Wildman–Crippen MR) is 69.8 cm³/mol. The van der Waals surface area contributed by atoms with E-state index in [-0.39, 0.29) is 6.42 Å². The maximum Gasteiger partial charge on any atom is 0.309 e. The summed E-state index contributed by atoms with van der Waals surface area (Å²) >= 11 is 1.44. The number of hydrogen-bond acceptors (Lipinski definition) is 5. The van der Waals surface area contributed by atoms with Crippen LogP contribution < -0.4 is 4.90 Å². The van der Waals surface area contributed by atoms with Crippen LogP contribution in [0.4, 0.5) is 5.13 Å². The SMILES string of the molecule is CN(Cc1ccccn1)c1nc(CC(=O)O)cs1. The number of rotatable bonds is 5. The Kier molecular flexibility index (Phi) is 3.88. The molecule has 0 atom stereocenters. The largest absolute Gasteiger partial charge is 0.481 e. The Balaban J connectivity index is 2.03. The molecule has 5 nitrogen and oxygen atoms in total. The van der Waals surface area contributed by atoms with Crippen molar-refractivity contribution in [1.82, 2.24) is 9.97 Å². The summed E-state index contributed by atoms with van der Waals surface area (Å²) in [6.07, 6.45) is 1.72. The van der Waals surface area contributed by atoms with Crippen molar-refractivity contribution >= 4 is 22.4 Å². The summed E-state index contributed by atoms with van der Waals surface area (Å²) in [5, 5.41) is 11.3. The number of carboxylic acids is 1. The van der Waals surface area contributed by atoms with E-state index in [0.29, 0.717) is 12.2 Å². The molecule has 2 aromatic rings. The molecule has 1 N–H and O–H groups in total. The first kappa shape index (κ1) is 12.5. The minimum Gasteiger partial charge on any atom is -0.481 e. The Morgan fingerprint density at radius 1 is 1.44 bits per heavy atom. The molecule has 0 amide bonds. The van der Waals surface area contributed by atoms with Crippen LogP contribution in [0.2, 0.25) is 0 Å². The molecule has 0 saturated heterocycles. The van der Waals surface area contributed by atoms with Gasteiger partial charge < -0.3 is 10.0 Å². The molecule has 0 aliphatic rings. The van der Waals surface area contributed by atoms with Crippen LogP contribution in [-0.2, 0) is 17.8 Å². The summed E-state index contributed by atoms with van der Waals surface area (Å²) in [6, 6.07) is 5.76. The topological polar surface area (TPSA) is 66.3 Å². The Bertz CT molecular complexity index is 527. The minimum atomic E-state index is -0.862. The van der Waals surface area contributed by atoms with Gasteiger partial charge in [-0.25, -0.2) is 4.98 Å². The molecule has 2 aromatic heterocycles. The van der Waals surface area contributed by atoms with Crippen molar-refractivity contribution in [2.75, 3.05) is 11.9 Å². The normalized spacial score (nSPS) is 10.3. The number of aliphatic carboxylic acids is 1. The molecule has 0 aromatic carbocycles. The van der Waals surface area contributed by atoms with Gasteiger partial charge in [0, 0.05) is 18.6 Å². The second-order valence-electron chi connectivity index (χ2n) is 3.87. The molecule has 0 bridgehead atoms. The van der Waals surface area contributed by atoms with Gasteiger partial charge in [-0.1, -0.05) is 6.07 Å². The van der Waals surface area contributed by atoms with Crippen molar-refractivity contribution < 1.29 is 9.90 Å². The summed E-state index contributed by atoms with van der Waals surface area (Å²) in [5.74, 6) is -0.862. The predicted octanol–water partition coefficient (Wildman–Crippen LogP) is 1.80. The monoisotopic (exact) mass is 263 g/mol. The third-order valence-corrected chi connectivity index (χ3v) is 3.33. The van der Waals surface area contributed by atoms with Gasteiger partial charge in [0.25, 0.3) is 0 Å². The highest BCUT2D eigenvalue weighted by atomic mass is 32.1. The van der Waals surface area contributed by atoms with Crippen molar-refractivity contribution in [2.45, 2.75) is 13.0 Å². The number of thiazole rings is 1. The van der Waals surface area contributed by atoms with E-state index in [9.17, 15) is 4.79 Å². The zero-order chi connectivity index (χ0) is 13.0. The Morgan fingerprint density at radius 3 is 2.94 bits per heavy atom. The summed E-state index contributed by atoms with van der Waals surface area (Å²) in [4.78, 5) is 21.1. The minimum absolute atomic E-state index is 0.0338.